The van der Waals surface area contributed by atoms with Crippen LogP contribution in [-0.4, -0.2) is 44.4 Å². The Bertz CT molecular complexity index is 1070. The number of benzene rings is 2. The Balaban J connectivity index is 1.86. The molecule has 0 aliphatic carbocycles. The smallest absolute Gasteiger partial charge is 0.273 e. The molecule has 3 aromatic rings. The fourth-order valence-electron chi connectivity index (χ4n) is 4.12. The molecule has 1 aliphatic rings. The zero-order chi connectivity index (χ0) is 21.4. The van der Waals surface area contributed by atoms with E-state index in [0.29, 0.717) is 35.8 Å². The molecule has 2 aromatic carbocycles. The number of phenolic OH excluding ortho intramolecular Hbond substituents is 1. The first kappa shape index (κ1) is 20.2. The second-order valence-corrected chi connectivity index (χ2v) is 8.18. The normalized spacial score (nSPS) is 15.8. The first-order valence-corrected chi connectivity index (χ1v) is 10.3. The lowest BCUT2D eigenvalue weighted by Crippen LogP contribution is -2.31. The molecule has 0 unspecified atom stereocenters. The summed E-state index contributed by atoms with van der Waals surface area (Å²) < 4.78 is 0. The molecule has 4 rings (SSSR count). The summed E-state index contributed by atoms with van der Waals surface area (Å²) in [6.45, 7) is 6.70. The van der Waals surface area contributed by atoms with Gasteiger partial charge in [-0.2, -0.15) is 5.10 Å². The van der Waals surface area contributed by atoms with E-state index < -0.39 is 0 Å². The summed E-state index contributed by atoms with van der Waals surface area (Å²) in [6.07, 6.45) is 0.495. The molecule has 0 saturated heterocycles. The highest BCUT2D eigenvalue weighted by atomic mass is 16.3. The number of aromatic nitrogens is 2. The predicted molar refractivity (Wildman–Crippen MR) is 116 cm³/mol. The first-order chi connectivity index (χ1) is 14.4. The number of aliphatic hydroxyl groups excluding tert-OH is 1. The molecule has 1 aliphatic heterocycles. The van der Waals surface area contributed by atoms with Crippen molar-refractivity contribution in [2.45, 2.75) is 39.2 Å². The third kappa shape index (κ3) is 3.37. The van der Waals surface area contributed by atoms with Crippen molar-refractivity contribution >= 4 is 5.91 Å². The summed E-state index contributed by atoms with van der Waals surface area (Å²) in [4.78, 5) is 14.9. The average Bonchev–Trinajstić information content (AvgIpc) is 3.27. The number of aliphatic hydroxyl groups is 1. The Labute approximate surface area is 176 Å². The van der Waals surface area contributed by atoms with E-state index in [2.05, 4.69) is 48.3 Å². The number of aromatic amines is 1. The minimum Gasteiger partial charge on any atom is -0.507 e. The molecule has 6 heteroatoms. The number of H-pyrrole nitrogens is 1. The van der Waals surface area contributed by atoms with Crippen molar-refractivity contribution < 1.29 is 15.0 Å². The quantitative estimate of drug-likeness (QED) is 0.575. The number of aromatic hydroxyl groups is 1. The predicted octanol–water partition coefficient (Wildman–Crippen LogP) is 4.14. The minimum absolute atomic E-state index is 0.0144. The van der Waals surface area contributed by atoms with Crippen molar-refractivity contribution in [3.63, 3.8) is 0 Å². The van der Waals surface area contributed by atoms with E-state index in [1.165, 1.54) is 5.56 Å². The zero-order valence-electron chi connectivity index (χ0n) is 17.5. The topological polar surface area (TPSA) is 89.5 Å². The Morgan fingerprint density at radius 3 is 2.57 bits per heavy atom. The standard InChI is InChI=1S/C24H27N3O3/c1-14(2)16-6-8-17(9-7-16)23-20-21(18-13-15(3)5-10-19(18)29)25-26-22(20)24(30)27(23)11-4-12-28/h5-10,13-14,23,28-29H,4,11-12H2,1-3H3,(H,25,26)/t23-/m1/s1. The number of nitrogens with one attached hydrogen (secondary N) is 1. The monoisotopic (exact) mass is 405 g/mol. The van der Waals surface area contributed by atoms with Crippen molar-refractivity contribution in [1.82, 2.24) is 15.1 Å². The van der Waals surface area contributed by atoms with Crippen LogP contribution in [0.15, 0.2) is 42.5 Å². The summed E-state index contributed by atoms with van der Waals surface area (Å²) in [5.74, 6) is 0.409. The number of aryl methyl sites for hydroxylation is 1. The lowest BCUT2D eigenvalue weighted by molar-refractivity contribution is 0.0732. The molecule has 0 fully saturated rings. The van der Waals surface area contributed by atoms with Gasteiger partial charge in [0.25, 0.3) is 5.91 Å². The number of rotatable bonds is 6. The Morgan fingerprint density at radius 1 is 1.17 bits per heavy atom. The molecular formula is C24H27N3O3. The summed E-state index contributed by atoms with van der Waals surface area (Å²) in [5.41, 5.74) is 5.63. The van der Waals surface area contributed by atoms with Gasteiger partial charge in [-0.25, -0.2) is 0 Å². The number of phenols is 1. The lowest BCUT2D eigenvalue weighted by atomic mass is 9.93. The van der Waals surface area contributed by atoms with Crippen molar-refractivity contribution in [2.24, 2.45) is 0 Å². The molecule has 2 heterocycles. The number of carbonyl (C=O) groups excluding carboxylic acids is 1. The molecule has 0 radical (unpaired) electrons. The van der Waals surface area contributed by atoms with Crippen molar-refractivity contribution in [3.8, 4) is 17.0 Å². The van der Waals surface area contributed by atoms with E-state index in [1.807, 2.05) is 19.1 Å². The molecule has 6 nitrogen and oxygen atoms in total. The van der Waals surface area contributed by atoms with Gasteiger partial charge < -0.3 is 15.1 Å². The molecular weight excluding hydrogens is 378 g/mol. The van der Waals surface area contributed by atoms with Crippen LogP contribution in [-0.2, 0) is 0 Å². The minimum atomic E-state index is -0.325. The molecule has 0 saturated carbocycles. The molecule has 1 aromatic heterocycles. The van der Waals surface area contributed by atoms with Crippen molar-refractivity contribution in [3.05, 3.63) is 70.4 Å². The highest BCUT2D eigenvalue weighted by molar-refractivity contribution is 6.00. The van der Waals surface area contributed by atoms with Crippen LogP contribution < -0.4 is 0 Å². The summed E-state index contributed by atoms with van der Waals surface area (Å²) >= 11 is 0. The summed E-state index contributed by atoms with van der Waals surface area (Å²) in [5, 5.41) is 27.1. The molecule has 3 N–H and O–H groups in total. The SMILES string of the molecule is Cc1ccc(O)c(-c2n[nH]c3c2[C@@H](c2ccc(C(C)C)cc2)N(CCCO)C3=O)c1. The fourth-order valence-corrected chi connectivity index (χ4v) is 4.12. The van der Waals surface area contributed by atoms with E-state index in [0.717, 1.165) is 16.7 Å². The Hall–Kier alpha value is -3.12. The van der Waals surface area contributed by atoms with Crippen LogP contribution in [0, 0.1) is 6.92 Å². The summed E-state index contributed by atoms with van der Waals surface area (Å²) in [6, 6.07) is 13.3. The average molecular weight is 405 g/mol. The molecule has 1 amide bonds. The molecule has 0 spiro atoms. The second kappa shape index (κ2) is 7.95. The van der Waals surface area contributed by atoms with E-state index >= 15 is 0 Å². The van der Waals surface area contributed by atoms with Crippen LogP contribution in [0.4, 0.5) is 0 Å². The van der Waals surface area contributed by atoms with Crippen LogP contribution in [0.25, 0.3) is 11.3 Å². The van der Waals surface area contributed by atoms with Gasteiger partial charge in [-0.3, -0.25) is 9.89 Å². The van der Waals surface area contributed by atoms with Gasteiger partial charge in [-0.15, -0.1) is 0 Å². The van der Waals surface area contributed by atoms with Crippen LogP contribution in [0.3, 0.4) is 0 Å². The highest BCUT2D eigenvalue weighted by Crippen LogP contribution is 2.44. The molecule has 156 valence electrons. The fraction of sp³-hybridized carbons (Fsp3) is 0.333. The molecule has 30 heavy (non-hydrogen) atoms. The van der Waals surface area contributed by atoms with Gasteiger partial charge >= 0.3 is 0 Å². The van der Waals surface area contributed by atoms with E-state index in [1.54, 1.807) is 11.0 Å². The number of nitrogens with zero attached hydrogens (tertiary/aromatic N) is 2. The molecule has 1 atom stereocenters. The maximum absolute atomic E-state index is 13.2. The van der Waals surface area contributed by atoms with Gasteiger partial charge in [0.1, 0.15) is 17.1 Å². The van der Waals surface area contributed by atoms with Gasteiger partial charge in [-0.05, 0) is 42.5 Å². The zero-order valence-corrected chi connectivity index (χ0v) is 17.5. The van der Waals surface area contributed by atoms with Crippen LogP contribution in [0.5, 0.6) is 5.75 Å². The number of fused-ring (bicyclic) bond motifs is 1. The van der Waals surface area contributed by atoms with Gasteiger partial charge in [0, 0.05) is 24.3 Å². The highest BCUT2D eigenvalue weighted by Gasteiger charge is 2.42. The van der Waals surface area contributed by atoms with Crippen molar-refractivity contribution in [1.29, 1.82) is 0 Å². The molecule has 0 bridgehead atoms. The van der Waals surface area contributed by atoms with Crippen LogP contribution in [0.1, 0.15) is 65.0 Å². The van der Waals surface area contributed by atoms with Crippen molar-refractivity contribution in [2.75, 3.05) is 13.2 Å². The van der Waals surface area contributed by atoms with Crippen LogP contribution in [0.2, 0.25) is 0 Å². The number of hydrogen-bond donors (Lipinski definition) is 3. The number of amides is 1. The van der Waals surface area contributed by atoms with Gasteiger partial charge in [-0.1, -0.05) is 49.7 Å². The Kier molecular flexibility index (Phi) is 5.35. The van der Waals surface area contributed by atoms with E-state index in [4.69, 9.17) is 0 Å². The Morgan fingerprint density at radius 2 is 1.90 bits per heavy atom. The number of hydrogen-bond acceptors (Lipinski definition) is 4. The third-order valence-corrected chi connectivity index (χ3v) is 5.75. The van der Waals surface area contributed by atoms with E-state index in [-0.39, 0.29) is 24.3 Å². The maximum atomic E-state index is 13.2. The second-order valence-electron chi connectivity index (χ2n) is 8.18. The lowest BCUT2D eigenvalue weighted by Gasteiger charge is -2.26. The number of carbonyl (C=O) groups is 1. The van der Waals surface area contributed by atoms with Gasteiger partial charge in [0.2, 0.25) is 0 Å². The van der Waals surface area contributed by atoms with Gasteiger partial charge in [0.15, 0.2) is 0 Å². The van der Waals surface area contributed by atoms with E-state index in [9.17, 15) is 15.0 Å². The maximum Gasteiger partial charge on any atom is 0.273 e. The van der Waals surface area contributed by atoms with Gasteiger partial charge in [0.05, 0.1) is 6.04 Å². The first-order valence-electron chi connectivity index (χ1n) is 10.3. The van der Waals surface area contributed by atoms with Crippen LogP contribution >= 0.6 is 0 Å². The summed E-state index contributed by atoms with van der Waals surface area (Å²) in [7, 11) is 0. The largest absolute Gasteiger partial charge is 0.507 e. The third-order valence-electron chi connectivity index (χ3n) is 5.75.